The third kappa shape index (κ3) is 3.43. The molecule has 2 aromatic heterocycles. The molecule has 0 saturated carbocycles. The number of aromatic nitrogens is 2. The van der Waals surface area contributed by atoms with Crippen molar-refractivity contribution in [3.8, 4) is 11.4 Å². The Morgan fingerprint density at radius 2 is 1.89 bits per heavy atom. The van der Waals surface area contributed by atoms with Gasteiger partial charge in [-0.1, -0.05) is 30.3 Å². The standard InChI is InChI=1S/C20H20N4O3S/c1-12(25)22-23-16(26)11-24-18(13-7-3-2-4-8-13)21-19-17(20(24)27)14-9-5-6-10-15(14)28-19/h2-4,7-8H,5-6,9-11H2,1H3,(H,22,25)(H,23,26). The van der Waals surface area contributed by atoms with Gasteiger partial charge in [0, 0.05) is 17.4 Å². The highest BCUT2D eigenvalue weighted by molar-refractivity contribution is 7.18. The molecule has 0 atom stereocenters. The van der Waals surface area contributed by atoms with Crippen LogP contribution in [0.2, 0.25) is 0 Å². The maximum absolute atomic E-state index is 13.4. The SMILES string of the molecule is CC(=O)NNC(=O)Cn1c(-c2ccccc2)nc2sc3c(c2c1=O)CCCC3. The molecule has 0 bridgehead atoms. The molecular weight excluding hydrogens is 376 g/mol. The van der Waals surface area contributed by atoms with E-state index < -0.39 is 5.91 Å². The summed E-state index contributed by atoms with van der Waals surface area (Å²) in [6.45, 7) is 1.07. The molecule has 1 aliphatic carbocycles. The molecular formula is C20H20N4O3S. The van der Waals surface area contributed by atoms with Crippen molar-refractivity contribution in [3.63, 3.8) is 0 Å². The van der Waals surface area contributed by atoms with E-state index in [1.165, 1.54) is 16.4 Å². The lowest BCUT2D eigenvalue weighted by Crippen LogP contribution is -2.43. The Hall–Kier alpha value is -3.00. The minimum Gasteiger partial charge on any atom is -0.282 e. The molecule has 4 rings (SSSR count). The van der Waals surface area contributed by atoms with Crippen LogP contribution in [-0.4, -0.2) is 21.4 Å². The van der Waals surface area contributed by atoms with Crippen molar-refractivity contribution in [2.24, 2.45) is 0 Å². The molecule has 28 heavy (non-hydrogen) atoms. The zero-order valence-corrected chi connectivity index (χ0v) is 16.3. The Morgan fingerprint density at radius 1 is 1.14 bits per heavy atom. The molecule has 2 amide bonds. The van der Waals surface area contributed by atoms with Gasteiger partial charge in [-0.25, -0.2) is 4.98 Å². The second-order valence-electron chi connectivity index (χ2n) is 6.81. The number of amides is 2. The first-order chi connectivity index (χ1) is 13.5. The summed E-state index contributed by atoms with van der Waals surface area (Å²) in [6.07, 6.45) is 4.02. The molecule has 0 unspecified atom stereocenters. The van der Waals surface area contributed by atoms with Crippen LogP contribution in [0.5, 0.6) is 0 Å². The molecule has 8 heteroatoms. The van der Waals surface area contributed by atoms with Crippen molar-refractivity contribution in [2.75, 3.05) is 0 Å². The van der Waals surface area contributed by atoms with Crippen molar-refractivity contribution in [3.05, 3.63) is 51.1 Å². The number of fused-ring (bicyclic) bond motifs is 3. The quantitative estimate of drug-likeness (QED) is 0.664. The van der Waals surface area contributed by atoms with Crippen LogP contribution >= 0.6 is 11.3 Å². The number of hydrazine groups is 1. The zero-order valence-electron chi connectivity index (χ0n) is 15.4. The lowest BCUT2D eigenvalue weighted by Gasteiger charge is -2.14. The van der Waals surface area contributed by atoms with Gasteiger partial charge in [0.2, 0.25) is 5.91 Å². The van der Waals surface area contributed by atoms with Crippen LogP contribution in [0, 0.1) is 0 Å². The molecule has 7 nitrogen and oxygen atoms in total. The maximum atomic E-state index is 13.4. The van der Waals surface area contributed by atoms with Gasteiger partial charge >= 0.3 is 0 Å². The van der Waals surface area contributed by atoms with E-state index >= 15 is 0 Å². The number of hydrogen-bond donors (Lipinski definition) is 2. The Balaban J connectivity index is 1.86. The molecule has 0 radical (unpaired) electrons. The molecule has 1 aromatic carbocycles. The Labute approximate surface area is 165 Å². The molecule has 144 valence electrons. The molecule has 2 N–H and O–H groups in total. The van der Waals surface area contributed by atoms with E-state index in [9.17, 15) is 14.4 Å². The van der Waals surface area contributed by atoms with Gasteiger partial charge in [0.25, 0.3) is 11.5 Å². The fourth-order valence-corrected chi connectivity index (χ4v) is 4.79. The smallest absolute Gasteiger partial charge is 0.263 e. The van der Waals surface area contributed by atoms with Gasteiger partial charge in [0.1, 0.15) is 17.2 Å². The number of nitrogens with zero attached hydrogens (tertiary/aromatic N) is 2. The number of rotatable bonds is 3. The Bertz CT molecular complexity index is 1120. The van der Waals surface area contributed by atoms with Crippen LogP contribution < -0.4 is 16.4 Å². The van der Waals surface area contributed by atoms with Crippen LogP contribution in [0.1, 0.15) is 30.2 Å². The highest BCUT2D eigenvalue weighted by atomic mass is 32.1. The van der Waals surface area contributed by atoms with Gasteiger partial charge in [-0.3, -0.25) is 29.8 Å². The summed E-state index contributed by atoms with van der Waals surface area (Å²) in [7, 11) is 0. The van der Waals surface area contributed by atoms with E-state index in [1.807, 2.05) is 30.3 Å². The monoisotopic (exact) mass is 396 g/mol. The fraction of sp³-hybridized carbons (Fsp3) is 0.300. The average molecular weight is 396 g/mol. The van der Waals surface area contributed by atoms with E-state index in [-0.39, 0.29) is 18.0 Å². The summed E-state index contributed by atoms with van der Waals surface area (Å²) >= 11 is 1.58. The summed E-state index contributed by atoms with van der Waals surface area (Å²) in [6, 6.07) is 9.35. The van der Waals surface area contributed by atoms with Crippen molar-refractivity contribution in [1.82, 2.24) is 20.4 Å². The summed E-state index contributed by atoms with van der Waals surface area (Å²) in [4.78, 5) is 43.5. The number of carbonyl (C=O) groups is 2. The first-order valence-electron chi connectivity index (χ1n) is 9.20. The number of aryl methyl sites for hydroxylation is 2. The molecule has 0 spiro atoms. The van der Waals surface area contributed by atoms with E-state index in [0.717, 1.165) is 41.6 Å². The maximum Gasteiger partial charge on any atom is 0.263 e. The van der Waals surface area contributed by atoms with E-state index in [4.69, 9.17) is 4.98 Å². The van der Waals surface area contributed by atoms with Gasteiger partial charge in [-0.15, -0.1) is 11.3 Å². The third-order valence-electron chi connectivity index (χ3n) is 4.79. The van der Waals surface area contributed by atoms with E-state index in [1.54, 1.807) is 11.3 Å². The van der Waals surface area contributed by atoms with Crippen LogP contribution in [0.3, 0.4) is 0 Å². The largest absolute Gasteiger partial charge is 0.282 e. The van der Waals surface area contributed by atoms with Gasteiger partial charge in [-0.2, -0.15) is 0 Å². The second kappa shape index (κ2) is 7.55. The topological polar surface area (TPSA) is 93.1 Å². The molecule has 3 aromatic rings. The second-order valence-corrected chi connectivity index (χ2v) is 7.90. The van der Waals surface area contributed by atoms with Gasteiger partial charge in [0.15, 0.2) is 0 Å². The van der Waals surface area contributed by atoms with E-state index in [2.05, 4.69) is 10.9 Å². The van der Waals surface area contributed by atoms with E-state index in [0.29, 0.717) is 11.2 Å². The van der Waals surface area contributed by atoms with Crippen LogP contribution in [0.4, 0.5) is 0 Å². The minimum atomic E-state index is -0.486. The fourth-order valence-electron chi connectivity index (χ4n) is 3.53. The van der Waals surface area contributed by atoms with Crippen molar-refractivity contribution >= 4 is 33.4 Å². The zero-order chi connectivity index (χ0) is 19.7. The lowest BCUT2D eigenvalue weighted by atomic mass is 9.97. The summed E-state index contributed by atoms with van der Waals surface area (Å²) < 4.78 is 1.40. The number of nitrogens with one attached hydrogen (secondary N) is 2. The van der Waals surface area contributed by atoms with Crippen molar-refractivity contribution in [1.29, 1.82) is 0 Å². The Morgan fingerprint density at radius 3 is 2.64 bits per heavy atom. The van der Waals surface area contributed by atoms with Crippen LogP contribution in [0.25, 0.3) is 21.6 Å². The normalized spacial score (nSPS) is 13.2. The number of benzene rings is 1. The number of carbonyl (C=O) groups excluding carboxylic acids is 2. The first-order valence-corrected chi connectivity index (χ1v) is 10.0. The van der Waals surface area contributed by atoms with Gasteiger partial charge in [0.05, 0.1) is 5.39 Å². The first kappa shape index (κ1) is 18.4. The minimum absolute atomic E-state index is 0.207. The van der Waals surface area contributed by atoms with Crippen molar-refractivity contribution in [2.45, 2.75) is 39.2 Å². The molecule has 1 aliphatic rings. The van der Waals surface area contributed by atoms with Gasteiger partial charge in [-0.05, 0) is 31.2 Å². The third-order valence-corrected chi connectivity index (χ3v) is 5.97. The molecule has 0 saturated heterocycles. The molecule has 0 fully saturated rings. The highest BCUT2D eigenvalue weighted by Gasteiger charge is 2.23. The Kier molecular flexibility index (Phi) is 4.95. The molecule has 2 heterocycles. The lowest BCUT2D eigenvalue weighted by molar-refractivity contribution is -0.128. The van der Waals surface area contributed by atoms with Crippen molar-refractivity contribution < 1.29 is 9.59 Å². The number of hydrogen-bond acceptors (Lipinski definition) is 5. The summed E-state index contributed by atoms with van der Waals surface area (Å²) in [5.41, 5.74) is 6.21. The number of thiophene rings is 1. The molecule has 0 aliphatic heterocycles. The summed E-state index contributed by atoms with van der Waals surface area (Å²) in [5.74, 6) is -0.418. The summed E-state index contributed by atoms with van der Waals surface area (Å²) in [5, 5.41) is 0.631. The van der Waals surface area contributed by atoms with Crippen LogP contribution in [0.15, 0.2) is 35.1 Å². The highest BCUT2D eigenvalue weighted by Crippen LogP contribution is 2.34. The predicted octanol–water partition coefficient (Wildman–Crippen LogP) is 2.17. The average Bonchev–Trinajstić information content (AvgIpc) is 3.07. The predicted molar refractivity (Wildman–Crippen MR) is 108 cm³/mol. The van der Waals surface area contributed by atoms with Gasteiger partial charge < -0.3 is 0 Å². The van der Waals surface area contributed by atoms with Crippen LogP contribution in [-0.2, 0) is 29.0 Å².